The number of likely N-dealkylation sites (N-methyl/N-ethyl adjacent to an activating group) is 1. The molecule has 10 heteroatoms. The van der Waals surface area contributed by atoms with Gasteiger partial charge in [-0.3, -0.25) is 9.59 Å². The second-order valence-corrected chi connectivity index (χ2v) is 8.17. The predicted molar refractivity (Wildman–Crippen MR) is 89.1 cm³/mol. The number of carbonyl (C=O) groups is 2. The molecular formula is C15H23FN4O4S. The second-order valence-electron chi connectivity index (χ2n) is 6.13. The molecule has 0 atom stereocenters. The van der Waals surface area contributed by atoms with Crippen LogP contribution in [0.1, 0.15) is 48.3 Å². The Bertz CT molecular complexity index is 754. The molecule has 0 aliphatic heterocycles. The summed E-state index contributed by atoms with van der Waals surface area (Å²) in [6.45, 7) is 0.491. The van der Waals surface area contributed by atoms with Crippen LogP contribution in [0.25, 0.3) is 0 Å². The summed E-state index contributed by atoms with van der Waals surface area (Å²) in [6.07, 6.45) is 3.81. The molecule has 0 saturated heterocycles. The van der Waals surface area contributed by atoms with Crippen LogP contribution in [0.15, 0.2) is 0 Å². The van der Waals surface area contributed by atoms with Gasteiger partial charge in [0.05, 0.1) is 17.5 Å². The van der Waals surface area contributed by atoms with Crippen LogP contribution >= 0.6 is 0 Å². The molecule has 1 aliphatic carbocycles. The Hall–Kier alpha value is -1.81. The van der Waals surface area contributed by atoms with E-state index in [1.54, 1.807) is 0 Å². The van der Waals surface area contributed by atoms with Crippen LogP contribution in [0.5, 0.6) is 0 Å². The van der Waals surface area contributed by atoms with Gasteiger partial charge in [-0.15, -0.1) is 0 Å². The van der Waals surface area contributed by atoms with Gasteiger partial charge in [0.2, 0.25) is 15.9 Å². The third kappa shape index (κ3) is 4.63. The molecule has 0 radical (unpaired) electrons. The van der Waals surface area contributed by atoms with Crippen LogP contribution in [0.3, 0.4) is 0 Å². The Morgan fingerprint density at radius 2 is 1.92 bits per heavy atom. The first-order chi connectivity index (χ1) is 11.8. The number of ketones is 1. The van der Waals surface area contributed by atoms with Crippen LogP contribution in [-0.4, -0.2) is 48.7 Å². The maximum atomic E-state index is 14.2. The lowest BCUT2D eigenvalue weighted by Gasteiger charge is -2.21. The lowest BCUT2D eigenvalue weighted by atomic mass is 10.0. The number of Topliss-reactive ketones (excluding diaryl/α,β-unsaturated/α-hetero) is 1. The van der Waals surface area contributed by atoms with Gasteiger partial charge in [0.25, 0.3) is 0 Å². The third-order valence-corrected chi connectivity index (χ3v) is 6.21. The topological polar surface area (TPSA) is 110 Å². The molecule has 25 heavy (non-hydrogen) atoms. The number of carbonyl (C=O) groups excluding carboxylic acids is 2. The Balaban J connectivity index is 2.11. The number of hydrogen-bond donors (Lipinski definition) is 2. The van der Waals surface area contributed by atoms with Gasteiger partial charge < -0.3 is 5.32 Å². The molecule has 1 heterocycles. The summed E-state index contributed by atoms with van der Waals surface area (Å²) < 4.78 is 42.0. The largest absolute Gasteiger partial charge is 0.358 e. The zero-order chi connectivity index (χ0) is 18.6. The van der Waals surface area contributed by atoms with Crippen molar-refractivity contribution in [3.8, 4) is 0 Å². The Labute approximate surface area is 146 Å². The van der Waals surface area contributed by atoms with Gasteiger partial charge in [-0.2, -0.15) is 5.10 Å². The van der Waals surface area contributed by atoms with Crippen molar-refractivity contribution in [2.75, 3.05) is 13.6 Å². The molecule has 1 aliphatic rings. The van der Waals surface area contributed by atoms with Crippen LogP contribution in [0, 0.1) is 12.7 Å². The highest BCUT2D eigenvalue weighted by molar-refractivity contribution is 7.90. The molecule has 0 spiro atoms. The molecule has 2 N–H and O–H groups in total. The van der Waals surface area contributed by atoms with Crippen molar-refractivity contribution in [1.29, 1.82) is 0 Å². The quantitative estimate of drug-likeness (QED) is 0.676. The Morgan fingerprint density at radius 1 is 1.28 bits per heavy atom. The number of hydrogen-bond acceptors (Lipinski definition) is 5. The maximum absolute atomic E-state index is 14.2. The third-order valence-electron chi connectivity index (χ3n) is 4.32. The number of aromatic nitrogens is 2. The molecular weight excluding hydrogens is 351 g/mol. The monoisotopic (exact) mass is 374 g/mol. The minimum atomic E-state index is -3.64. The molecule has 0 aromatic carbocycles. The summed E-state index contributed by atoms with van der Waals surface area (Å²) in [5, 5.41) is 5.68. The minimum Gasteiger partial charge on any atom is -0.358 e. The summed E-state index contributed by atoms with van der Waals surface area (Å²) in [4.78, 5) is 23.8. The van der Waals surface area contributed by atoms with E-state index in [0.29, 0.717) is 12.8 Å². The van der Waals surface area contributed by atoms with Crippen molar-refractivity contribution >= 4 is 21.7 Å². The highest BCUT2D eigenvalue weighted by Gasteiger charge is 2.29. The zero-order valence-electron chi connectivity index (χ0n) is 14.3. The number of halogens is 1. The van der Waals surface area contributed by atoms with E-state index >= 15 is 0 Å². The van der Waals surface area contributed by atoms with E-state index in [9.17, 15) is 22.4 Å². The Kier molecular flexibility index (Phi) is 6.28. The Morgan fingerprint density at radius 3 is 2.52 bits per heavy atom. The van der Waals surface area contributed by atoms with E-state index in [-0.39, 0.29) is 12.2 Å². The summed E-state index contributed by atoms with van der Waals surface area (Å²) >= 11 is 0. The molecule has 0 unspecified atom stereocenters. The predicted octanol–water partition coefficient (Wildman–Crippen LogP) is 0.511. The van der Waals surface area contributed by atoms with Crippen LogP contribution in [-0.2, 0) is 21.4 Å². The van der Waals surface area contributed by atoms with Gasteiger partial charge in [0, 0.05) is 7.05 Å². The van der Waals surface area contributed by atoms with Crippen molar-refractivity contribution in [3.05, 3.63) is 17.2 Å². The smallest absolute Gasteiger partial charge is 0.241 e. The fourth-order valence-electron chi connectivity index (χ4n) is 2.90. The lowest BCUT2D eigenvalue weighted by Crippen LogP contribution is -2.39. The fourth-order valence-corrected chi connectivity index (χ4v) is 4.42. The van der Waals surface area contributed by atoms with E-state index in [1.165, 1.54) is 14.0 Å². The van der Waals surface area contributed by atoms with Crippen LogP contribution in [0.2, 0.25) is 0 Å². The van der Waals surface area contributed by atoms with Gasteiger partial charge in [0.15, 0.2) is 11.6 Å². The summed E-state index contributed by atoms with van der Waals surface area (Å²) in [6, 6.07) is 0. The van der Waals surface area contributed by atoms with E-state index < -0.39 is 45.0 Å². The number of rotatable bonds is 7. The van der Waals surface area contributed by atoms with E-state index in [1.807, 2.05) is 0 Å². The normalized spacial score (nSPS) is 16.0. The molecule has 8 nitrogen and oxygen atoms in total. The lowest BCUT2D eigenvalue weighted by molar-refractivity contribution is -0.121. The molecule has 1 aromatic rings. The number of aryl methyl sites for hydroxylation is 1. The first-order valence-corrected chi connectivity index (χ1v) is 9.76. The zero-order valence-corrected chi connectivity index (χ0v) is 15.2. The van der Waals surface area contributed by atoms with Gasteiger partial charge in [-0.05, 0) is 19.8 Å². The summed E-state index contributed by atoms with van der Waals surface area (Å²) in [5.41, 5.74) is -0.421. The standard InChI is InChI=1S/C15H23FN4O4S/c1-10-14(16)15(20(19-10)9-13(22)17-2)12(21)8-18-25(23,24)11-6-4-3-5-7-11/h11,18H,3-9H2,1-2H3,(H,17,22). The average molecular weight is 374 g/mol. The fraction of sp³-hybridized carbons (Fsp3) is 0.667. The van der Waals surface area contributed by atoms with Crippen LogP contribution in [0.4, 0.5) is 4.39 Å². The van der Waals surface area contributed by atoms with E-state index in [4.69, 9.17) is 0 Å². The highest BCUT2D eigenvalue weighted by atomic mass is 32.2. The number of nitrogens with one attached hydrogen (secondary N) is 2. The molecule has 1 fully saturated rings. The average Bonchev–Trinajstić information content (AvgIpc) is 2.87. The molecule has 1 amide bonds. The minimum absolute atomic E-state index is 0.0256. The molecule has 1 saturated carbocycles. The van der Waals surface area contributed by atoms with Gasteiger partial charge in [-0.1, -0.05) is 19.3 Å². The molecule has 0 bridgehead atoms. The summed E-state index contributed by atoms with van der Waals surface area (Å²) in [5.74, 6) is -2.05. The number of sulfonamides is 1. The van der Waals surface area contributed by atoms with E-state index in [2.05, 4.69) is 15.1 Å². The van der Waals surface area contributed by atoms with Gasteiger partial charge in [-0.25, -0.2) is 22.2 Å². The van der Waals surface area contributed by atoms with Crippen molar-refractivity contribution in [2.45, 2.75) is 50.8 Å². The van der Waals surface area contributed by atoms with Gasteiger partial charge >= 0.3 is 0 Å². The van der Waals surface area contributed by atoms with E-state index in [0.717, 1.165) is 23.9 Å². The molecule has 2 rings (SSSR count). The van der Waals surface area contributed by atoms with Crippen molar-refractivity contribution in [1.82, 2.24) is 19.8 Å². The second kappa shape index (κ2) is 8.05. The molecule has 1 aromatic heterocycles. The van der Waals surface area contributed by atoms with Crippen molar-refractivity contribution < 1.29 is 22.4 Å². The first-order valence-electron chi connectivity index (χ1n) is 8.21. The molecule has 140 valence electrons. The van der Waals surface area contributed by atoms with Crippen molar-refractivity contribution in [2.24, 2.45) is 0 Å². The highest BCUT2D eigenvalue weighted by Crippen LogP contribution is 2.23. The maximum Gasteiger partial charge on any atom is 0.241 e. The number of nitrogens with zero attached hydrogens (tertiary/aromatic N) is 2. The first kappa shape index (κ1) is 19.5. The summed E-state index contributed by atoms with van der Waals surface area (Å²) in [7, 11) is -2.22. The SMILES string of the molecule is CNC(=O)Cn1nc(C)c(F)c1C(=O)CNS(=O)(=O)C1CCCCC1. The number of amides is 1. The van der Waals surface area contributed by atoms with Crippen LogP contribution < -0.4 is 10.0 Å². The van der Waals surface area contributed by atoms with Gasteiger partial charge in [0.1, 0.15) is 12.2 Å². The van der Waals surface area contributed by atoms with Crippen molar-refractivity contribution in [3.63, 3.8) is 0 Å².